The van der Waals surface area contributed by atoms with Crippen molar-refractivity contribution < 1.29 is 14.3 Å². The standard InChI is InChI=1S/C26H30N6O3/c1-16(2)30-9-5-6-17(12-30)13-31-21-8-4-3-7-19(21)26(25(31)33)14-32-24(27-28-29-32)18-10-22-23(11-20(18)26)35-15-34-22/h3-4,7-8,10-11,16-17,20H,5-6,9,12-15H2,1-2H3,(H,27,29). The molecule has 0 aromatic heterocycles. The third-order valence-electron chi connectivity index (χ3n) is 8.41. The maximum Gasteiger partial charge on any atom is 0.240 e. The van der Waals surface area contributed by atoms with Gasteiger partial charge in [-0.25, -0.2) is 10.4 Å². The lowest BCUT2D eigenvalue weighted by Gasteiger charge is -2.43. The lowest BCUT2D eigenvalue weighted by molar-refractivity contribution is -0.125. The van der Waals surface area contributed by atoms with E-state index in [1.54, 1.807) is 0 Å². The predicted molar refractivity (Wildman–Crippen MR) is 128 cm³/mol. The molecule has 2 fully saturated rings. The Kier molecular flexibility index (Phi) is 4.55. The minimum Gasteiger partial charge on any atom is -0.454 e. The quantitative estimate of drug-likeness (QED) is 0.725. The maximum absolute atomic E-state index is 14.6. The van der Waals surface area contributed by atoms with Gasteiger partial charge in [0.1, 0.15) is 11.2 Å². The van der Waals surface area contributed by atoms with Crippen molar-refractivity contribution in [2.45, 2.75) is 38.1 Å². The predicted octanol–water partition coefficient (Wildman–Crippen LogP) is 3.21. The average Bonchev–Trinajstić information content (AvgIpc) is 3.58. The van der Waals surface area contributed by atoms with Crippen LogP contribution < -0.4 is 10.3 Å². The number of hydrogen-bond acceptors (Lipinski definition) is 8. The number of amides is 1. The van der Waals surface area contributed by atoms with Crippen LogP contribution >= 0.6 is 0 Å². The van der Waals surface area contributed by atoms with Gasteiger partial charge in [0, 0.05) is 36.3 Å². The molecule has 7 rings (SSSR count). The van der Waals surface area contributed by atoms with Crippen molar-refractivity contribution in [3.8, 4) is 0 Å². The molecular weight excluding hydrogens is 444 g/mol. The van der Waals surface area contributed by atoms with Gasteiger partial charge in [-0.3, -0.25) is 4.79 Å². The first-order valence-corrected chi connectivity index (χ1v) is 12.6. The zero-order valence-corrected chi connectivity index (χ0v) is 20.1. The zero-order valence-electron chi connectivity index (χ0n) is 20.1. The van der Waals surface area contributed by atoms with E-state index >= 15 is 0 Å². The topological polar surface area (TPSA) is 82.0 Å². The summed E-state index contributed by atoms with van der Waals surface area (Å²) in [6, 6.07) is 8.80. The third kappa shape index (κ3) is 2.94. The second-order valence-corrected chi connectivity index (χ2v) is 10.6. The van der Waals surface area contributed by atoms with E-state index in [0.717, 1.165) is 48.7 Å². The van der Waals surface area contributed by atoms with E-state index in [-0.39, 0.29) is 18.6 Å². The van der Waals surface area contributed by atoms with Crippen LogP contribution in [0.4, 0.5) is 5.69 Å². The molecule has 182 valence electrons. The Morgan fingerprint density at radius 2 is 2.09 bits per heavy atom. The van der Waals surface area contributed by atoms with Gasteiger partial charge in [-0.2, -0.15) is 0 Å². The van der Waals surface area contributed by atoms with Gasteiger partial charge in [-0.1, -0.05) is 18.2 Å². The number of benzene rings is 1. The van der Waals surface area contributed by atoms with Crippen LogP contribution in [-0.4, -0.2) is 54.8 Å². The summed E-state index contributed by atoms with van der Waals surface area (Å²) in [6.45, 7) is 8.03. The highest BCUT2D eigenvalue weighted by atomic mass is 16.7. The minimum atomic E-state index is -0.812. The van der Waals surface area contributed by atoms with Crippen LogP contribution in [0.5, 0.6) is 0 Å². The van der Waals surface area contributed by atoms with Gasteiger partial charge in [0.2, 0.25) is 12.7 Å². The molecule has 9 heteroatoms. The number of hydrogen-bond donors (Lipinski definition) is 1. The van der Waals surface area contributed by atoms with Crippen molar-refractivity contribution in [1.82, 2.24) is 15.3 Å². The normalized spacial score (nSPS) is 31.0. The molecule has 1 aliphatic carbocycles. The van der Waals surface area contributed by atoms with E-state index in [9.17, 15) is 4.79 Å². The van der Waals surface area contributed by atoms with Crippen molar-refractivity contribution in [1.29, 1.82) is 0 Å². The first-order valence-electron chi connectivity index (χ1n) is 12.6. The van der Waals surface area contributed by atoms with E-state index in [1.807, 2.05) is 23.2 Å². The number of fused-ring (bicyclic) bond motifs is 6. The molecule has 0 bridgehead atoms. The van der Waals surface area contributed by atoms with Crippen LogP contribution in [0.1, 0.15) is 32.3 Å². The van der Waals surface area contributed by atoms with Crippen molar-refractivity contribution in [3.63, 3.8) is 0 Å². The molecule has 5 aliphatic heterocycles. The number of rotatable bonds is 3. The molecular formula is C26H30N6O3. The molecule has 9 nitrogen and oxygen atoms in total. The Morgan fingerprint density at radius 3 is 2.97 bits per heavy atom. The molecule has 0 radical (unpaired) electrons. The molecule has 35 heavy (non-hydrogen) atoms. The fourth-order valence-corrected chi connectivity index (χ4v) is 6.68. The molecule has 1 aromatic carbocycles. The number of carbonyl (C=O) groups excluding carboxylic acids is 1. The SMILES string of the molecule is CC(C)N1CCCC(CN2C(=O)C3(CN4N=NNC4=C4C=C5OCOC5=CC43)c3ccccc32)C1. The van der Waals surface area contributed by atoms with Crippen molar-refractivity contribution >= 4 is 11.6 Å². The van der Waals surface area contributed by atoms with Gasteiger partial charge in [0.25, 0.3) is 0 Å². The summed E-state index contributed by atoms with van der Waals surface area (Å²) in [5.74, 6) is 2.59. The number of anilines is 1. The molecule has 1 amide bonds. The van der Waals surface area contributed by atoms with Crippen molar-refractivity contribution in [2.24, 2.45) is 22.3 Å². The Labute approximate surface area is 204 Å². The number of allylic oxidation sites excluding steroid dienone is 3. The third-order valence-corrected chi connectivity index (χ3v) is 8.41. The second-order valence-electron chi connectivity index (χ2n) is 10.6. The summed E-state index contributed by atoms with van der Waals surface area (Å²) in [7, 11) is 0. The van der Waals surface area contributed by atoms with Gasteiger partial charge in [0.05, 0.1) is 6.54 Å². The summed E-state index contributed by atoms with van der Waals surface area (Å²) in [6.07, 6.45) is 6.38. The van der Waals surface area contributed by atoms with Gasteiger partial charge in [-0.05, 0) is 73.4 Å². The second kappa shape index (κ2) is 7.58. The van der Waals surface area contributed by atoms with E-state index in [1.165, 1.54) is 6.42 Å². The number of nitrogens with one attached hydrogen (secondary N) is 1. The summed E-state index contributed by atoms with van der Waals surface area (Å²) in [5.41, 5.74) is 5.25. The van der Waals surface area contributed by atoms with E-state index in [4.69, 9.17) is 9.47 Å². The molecule has 5 heterocycles. The number of carbonyl (C=O) groups is 1. The lowest BCUT2D eigenvalue weighted by Crippen LogP contribution is -2.56. The van der Waals surface area contributed by atoms with Gasteiger partial charge in [0.15, 0.2) is 11.5 Å². The molecule has 1 N–H and O–H groups in total. The highest BCUT2D eigenvalue weighted by molar-refractivity contribution is 6.09. The van der Waals surface area contributed by atoms with E-state index in [2.05, 4.69) is 57.7 Å². The molecule has 3 unspecified atom stereocenters. The highest BCUT2D eigenvalue weighted by Gasteiger charge is 2.61. The Hall–Kier alpha value is -3.33. The first kappa shape index (κ1) is 21.0. The van der Waals surface area contributed by atoms with Gasteiger partial charge >= 0.3 is 0 Å². The minimum absolute atomic E-state index is 0.136. The first-order chi connectivity index (χ1) is 17.1. The van der Waals surface area contributed by atoms with Crippen LogP contribution in [0.15, 0.2) is 69.8 Å². The Balaban J connectivity index is 1.32. The molecule has 1 spiro atoms. The van der Waals surface area contributed by atoms with Crippen LogP contribution in [0.3, 0.4) is 0 Å². The van der Waals surface area contributed by atoms with E-state index in [0.29, 0.717) is 30.0 Å². The van der Waals surface area contributed by atoms with Crippen LogP contribution in [0, 0.1) is 11.8 Å². The van der Waals surface area contributed by atoms with Crippen molar-refractivity contribution in [3.05, 3.63) is 64.9 Å². The smallest absolute Gasteiger partial charge is 0.240 e. The number of piperidine rings is 1. The van der Waals surface area contributed by atoms with Crippen LogP contribution in [0.2, 0.25) is 0 Å². The molecule has 2 saturated heterocycles. The number of likely N-dealkylation sites (tertiary alicyclic amines) is 1. The van der Waals surface area contributed by atoms with Crippen LogP contribution in [-0.2, 0) is 19.7 Å². The summed E-state index contributed by atoms with van der Waals surface area (Å²) < 4.78 is 11.4. The monoisotopic (exact) mass is 474 g/mol. The number of ether oxygens (including phenoxy) is 2. The largest absolute Gasteiger partial charge is 0.454 e. The van der Waals surface area contributed by atoms with Gasteiger partial charge < -0.3 is 19.3 Å². The lowest BCUT2D eigenvalue weighted by atomic mass is 9.64. The van der Waals surface area contributed by atoms with Crippen molar-refractivity contribution in [2.75, 3.05) is 37.9 Å². The number of para-hydroxylation sites is 1. The fourth-order valence-electron chi connectivity index (χ4n) is 6.68. The maximum atomic E-state index is 14.6. The fraction of sp³-hybridized carbons (Fsp3) is 0.500. The average molecular weight is 475 g/mol. The Bertz CT molecular complexity index is 1220. The highest BCUT2D eigenvalue weighted by Crippen LogP contribution is 2.55. The Morgan fingerprint density at radius 1 is 1.23 bits per heavy atom. The summed E-state index contributed by atoms with van der Waals surface area (Å²) in [5, 5.41) is 10.2. The van der Waals surface area contributed by atoms with Gasteiger partial charge in [-0.15, -0.1) is 0 Å². The zero-order chi connectivity index (χ0) is 23.7. The molecule has 1 aromatic rings. The molecule has 6 aliphatic rings. The molecule has 0 saturated carbocycles. The molecule has 3 atom stereocenters. The summed E-state index contributed by atoms with van der Waals surface area (Å²) >= 11 is 0. The summed E-state index contributed by atoms with van der Waals surface area (Å²) in [4.78, 5) is 19.2. The van der Waals surface area contributed by atoms with Crippen LogP contribution in [0.25, 0.3) is 0 Å². The van der Waals surface area contributed by atoms with E-state index < -0.39 is 5.41 Å². The number of nitrogens with zero attached hydrogens (tertiary/aromatic N) is 5.